The molecule has 1 heterocycles. The van der Waals surface area contributed by atoms with Crippen molar-refractivity contribution in [3.8, 4) is 0 Å². The Hall–Kier alpha value is -1.45. The molecule has 1 fully saturated rings. The molecule has 24 heavy (non-hydrogen) atoms. The highest BCUT2D eigenvalue weighted by Crippen LogP contribution is 2.28. The lowest BCUT2D eigenvalue weighted by atomic mass is 10.1. The van der Waals surface area contributed by atoms with Gasteiger partial charge >= 0.3 is 5.97 Å². The second-order valence-electron chi connectivity index (χ2n) is 6.20. The summed E-state index contributed by atoms with van der Waals surface area (Å²) in [5.41, 5.74) is 2.21. The Balaban J connectivity index is 2.52. The maximum atomic E-state index is 13.0. The fraction of sp³-hybridized carbons (Fsp3) is 0.533. The number of aryl methyl sites for hydroxylation is 3. The van der Waals surface area contributed by atoms with Gasteiger partial charge in [-0.1, -0.05) is 6.07 Å². The fourth-order valence-corrected chi connectivity index (χ4v) is 6.61. The van der Waals surface area contributed by atoms with Gasteiger partial charge in [0.1, 0.15) is 6.54 Å². The average molecular weight is 375 g/mol. The summed E-state index contributed by atoms with van der Waals surface area (Å²) in [5.74, 6) is -1.79. The van der Waals surface area contributed by atoms with Crippen molar-refractivity contribution >= 4 is 25.8 Å². The highest BCUT2D eigenvalue weighted by Gasteiger charge is 2.40. The maximum absolute atomic E-state index is 13.0. The summed E-state index contributed by atoms with van der Waals surface area (Å²) in [6.45, 7) is 4.52. The molecule has 0 saturated carbocycles. The van der Waals surface area contributed by atoms with E-state index in [-0.39, 0.29) is 22.8 Å². The van der Waals surface area contributed by atoms with Crippen molar-refractivity contribution in [2.45, 2.75) is 38.1 Å². The van der Waals surface area contributed by atoms with Gasteiger partial charge in [-0.15, -0.1) is 0 Å². The minimum absolute atomic E-state index is 0.0242. The largest absolute Gasteiger partial charge is 0.480 e. The number of carboxylic acid groups (broad SMARTS) is 1. The summed E-state index contributed by atoms with van der Waals surface area (Å²) in [4.78, 5) is 11.2. The summed E-state index contributed by atoms with van der Waals surface area (Å²) < 4.78 is 50.2. The van der Waals surface area contributed by atoms with Crippen LogP contribution in [-0.2, 0) is 24.7 Å². The standard InChI is InChI=1S/C15H21NO6S2/c1-10-6-12(3)14(7-11(10)2)24(21,22)16(8-15(17)18)13-4-5-23(19,20)9-13/h6-7,13H,4-5,8-9H2,1-3H3,(H,17,18)/t13-/m1/s1. The molecule has 0 radical (unpaired) electrons. The second kappa shape index (κ2) is 6.45. The molecule has 1 N–H and O–H groups in total. The lowest BCUT2D eigenvalue weighted by Crippen LogP contribution is -2.44. The van der Waals surface area contributed by atoms with Crippen molar-refractivity contribution in [3.63, 3.8) is 0 Å². The molecular formula is C15H21NO6S2. The predicted octanol–water partition coefficient (Wildman–Crippen LogP) is 0.874. The molecule has 0 amide bonds. The molecule has 134 valence electrons. The number of nitrogens with zero attached hydrogens (tertiary/aromatic N) is 1. The van der Waals surface area contributed by atoms with Gasteiger partial charge in [0, 0.05) is 6.04 Å². The molecule has 0 bridgehead atoms. The zero-order valence-corrected chi connectivity index (χ0v) is 15.4. The zero-order valence-electron chi connectivity index (χ0n) is 13.8. The number of benzene rings is 1. The number of sulfonamides is 1. The monoisotopic (exact) mass is 375 g/mol. The summed E-state index contributed by atoms with van der Waals surface area (Å²) in [5, 5.41) is 9.10. The molecular weight excluding hydrogens is 354 g/mol. The van der Waals surface area contributed by atoms with Gasteiger partial charge < -0.3 is 5.11 Å². The first kappa shape index (κ1) is 18.9. The van der Waals surface area contributed by atoms with Gasteiger partial charge in [-0.2, -0.15) is 4.31 Å². The van der Waals surface area contributed by atoms with Crippen molar-refractivity contribution in [2.24, 2.45) is 0 Å². The molecule has 1 aromatic carbocycles. The minimum atomic E-state index is -4.11. The van der Waals surface area contributed by atoms with Crippen LogP contribution in [0.3, 0.4) is 0 Å². The number of hydrogen-bond donors (Lipinski definition) is 1. The van der Waals surface area contributed by atoms with Crippen LogP contribution in [0.2, 0.25) is 0 Å². The molecule has 1 aliphatic heterocycles. The number of rotatable bonds is 5. The molecule has 0 aliphatic carbocycles. The van der Waals surface area contributed by atoms with E-state index in [1.54, 1.807) is 19.9 Å². The highest BCUT2D eigenvalue weighted by molar-refractivity contribution is 7.92. The third-order valence-corrected chi connectivity index (χ3v) is 8.08. The molecule has 1 saturated heterocycles. The van der Waals surface area contributed by atoms with Gasteiger partial charge in [0.2, 0.25) is 10.0 Å². The molecule has 7 nitrogen and oxygen atoms in total. The van der Waals surface area contributed by atoms with Gasteiger partial charge in [0.25, 0.3) is 0 Å². The van der Waals surface area contributed by atoms with E-state index in [4.69, 9.17) is 5.11 Å². The van der Waals surface area contributed by atoms with Crippen molar-refractivity contribution in [1.82, 2.24) is 4.31 Å². The first-order valence-corrected chi connectivity index (χ1v) is 10.7. The smallest absolute Gasteiger partial charge is 0.318 e. The Morgan fingerprint density at radius 2 is 1.79 bits per heavy atom. The van der Waals surface area contributed by atoms with E-state index >= 15 is 0 Å². The normalized spacial score (nSPS) is 20.4. The SMILES string of the molecule is Cc1cc(C)c(S(=O)(=O)N(CC(=O)O)[C@@H]2CCS(=O)(=O)C2)cc1C. The van der Waals surface area contributed by atoms with Crippen molar-refractivity contribution < 1.29 is 26.7 Å². The van der Waals surface area contributed by atoms with Crippen molar-refractivity contribution in [2.75, 3.05) is 18.1 Å². The lowest BCUT2D eigenvalue weighted by Gasteiger charge is -2.26. The molecule has 1 aliphatic rings. The first-order chi connectivity index (χ1) is 10.9. The molecule has 0 aromatic heterocycles. The van der Waals surface area contributed by atoms with Crippen molar-refractivity contribution in [3.05, 3.63) is 28.8 Å². The van der Waals surface area contributed by atoms with Crippen LogP contribution in [0.5, 0.6) is 0 Å². The third-order valence-electron chi connectivity index (χ3n) is 4.28. The quantitative estimate of drug-likeness (QED) is 0.818. The number of carbonyl (C=O) groups is 1. The number of hydrogen-bond acceptors (Lipinski definition) is 5. The van der Waals surface area contributed by atoms with Crippen LogP contribution in [0, 0.1) is 20.8 Å². The minimum Gasteiger partial charge on any atom is -0.480 e. The summed E-state index contributed by atoms with van der Waals surface area (Å²) in [6, 6.07) is 2.39. The Morgan fingerprint density at radius 3 is 2.29 bits per heavy atom. The number of sulfone groups is 1. The molecule has 0 unspecified atom stereocenters. The molecule has 1 aromatic rings. The zero-order chi connectivity index (χ0) is 18.3. The Morgan fingerprint density at radius 1 is 1.21 bits per heavy atom. The Bertz CT molecular complexity index is 873. The van der Waals surface area contributed by atoms with Gasteiger partial charge in [0.05, 0.1) is 16.4 Å². The van der Waals surface area contributed by atoms with E-state index in [1.165, 1.54) is 6.07 Å². The number of aliphatic carboxylic acids is 1. The van der Waals surface area contributed by atoms with Crippen molar-refractivity contribution in [1.29, 1.82) is 0 Å². The van der Waals surface area contributed by atoms with E-state index in [1.807, 2.05) is 6.92 Å². The predicted molar refractivity (Wildman–Crippen MR) is 89.2 cm³/mol. The van der Waals surface area contributed by atoms with Crippen LogP contribution in [0.25, 0.3) is 0 Å². The van der Waals surface area contributed by atoms with Gasteiger partial charge in [0.15, 0.2) is 9.84 Å². The van der Waals surface area contributed by atoms with Crippen LogP contribution in [0.15, 0.2) is 17.0 Å². The molecule has 0 spiro atoms. The van der Waals surface area contributed by atoms with E-state index in [0.717, 1.165) is 15.4 Å². The summed E-state index contributed by atoms with van der Waals surface area (Å²) in [6.07, 6.45) is 0.110. The Labute approximate surface area is 142 Å². The van der Waals surface area contributed by atoms with Crippen LogP contribution in [0.1, 0.15) is 23.1 Å². The van der Waals surface area contributed by atoms with Crippen LogP contribution in [0.4, 0.5) is 0 Å². The maximum Gasteiger partial charge on any atom is 0.318 e. The van der Waals surface area contributed by atoms with Gasteiger partial charge in [-0.05, 0) is 49.9 Å². The van der Waals surface area contributed by atoms with E-state index in [0.29, 0.717) is 5.56 Å². The van der Waals surface area contributed by atoms with Crippen LogP contribution in [-0.4, -0.2) is 56.3 Å². The topological polar surface area (TPSA) is 109 Å². The van der Waals surface area contributed by atoms with E-state index in [9.17, 15) is 21.6 Å². The van der Waals surface area contributed by atoms with Crippen LogP contribution >= 0.6 is 0 Å². The molecule has 1 atom stereocenters. The summed E-state index contributed by atoms with van der Waals surface area (Å²) in [7, 11) is -7.45. The fourth-order valence-electron chi connectivity index (χ4n) is 2.88. The lowest BCUT2D eigenvalue weighted by molar-refractivity contribution is -0.137. The average Bonchev–Trinajstić information content (AvgIpc) is 2.79. The second-order valence-corrected chi connectivity index (χ2v) is 10.3. The molecule has 2 rings (SSSR count). The van der Waals surface area contributed by atoms with Gasteiger partial charge in [-0.25, -0.2) is 16.8 Å². The molecule has 9 heteroatoms. The highest BCUT2D eigenvalue weighted by atomic mass is 32.2. The number of carboxylic acids is 1. The van der Waals surface area contributed by atoms with E-state index < -0.39 is 38.4 Å². The first-order valence-electron chi connectivity index (χ1n) is 7.46. The summed E-state index contributed by atoms with van der Waals surface area (Å²) >= 11 is 0. The third kappa shape index (κ3) is 3.79. The van der Waals surface area contributed by atoms with Crippen LogP contribution < -0.4 is 0 Å². The van der Waals surface area contributed by atoms with Gasteiger partial charge in [-0.3, -0.25) is 4.79 Å². The van der Waals surface area contributed by atoms with E-state index in [2.05, 4.69) is 0 Å². The Kier molecular flexibility index (Phi) is 5.08.